The van der Waals surface area contributed by atoms with E-state index < -0.39 is 0 Å². The summed E-state index contributed by atoms with van der Waals surface area (Å²) in [5, 5.41) is 0. The predicted molar refractivity (Wildman–Crippen MR) is 110 cm³/mol. The number of carbonyl (C=O) groups excluding carboxylic acids is 1. The maximum atomic E-state index is 11.9. The Bertz CT molecular complexity index is 620. The van der Waals surface area contributed by atoms with Crippen LogP contribution < -0.4 is 0 Å². The SMILES string of the molecule is CCOC(=O)N1CCC(N2CSC(=S)N(C(C)c3ccccc3)C2)CC1. The lowest BCUT2D eigenvalue weighted by Gasteiger charge is -2.45. The second-order valence-electron chi connectivity index (χ2n) is 6.74. The summed E-state index contributed by atoms with van der Waals surface area (Å²) >= 11 is 7.38. The zero-order valence-electron chi connectivity index (χ0n) is 15.5. The van der Waals surface area contributed by atoms with Crippen molar-refractivity contribution in [1.29, 1.82) is 0 Å². The molecule has 1 unspecified atom stereocenters. The van der Waals surface area contributed by atoms with Crippen molar-refractivity contribution in [2.45, 2.75) is 38.8 Å². The molecule has 7 heteroatoms. The minimum Gasteiger partial charge on any atom is -0.450 e. The van der Waals surface area contributed by atoms with Gasteiger partial charge in [-0.2, -0.15) is 0 Å². The summed E-state index contributed by atoms with van der Waals surface area (Å²) < 4.78 is 6.09. The first-order valence-corrected chi connectivity index (χ1v) is 10.6. The highest BCUT2D eigenvalue weighted by Gasteiger charge is 2.33. The third-order valence-electron chi connectivity index (χ3n) is 5.18. The Hall–Kier alpha value is -1.31. The van der Waals surface area contributed by atoms with Gasteiger partial charge in [-0.1, -0.05) is 54.3 Å². The number of amides is 1. The summed E-state index contributed by atoms with van der Waals surface area (Å²) in [6.45, 7) is 6.89. The molecule has 2 saturated heterocycles. The molecule has 0 aliphatic carbocycles. The normalized spacial score (nSPS) is 20.9. The zero-order valence-corrected chi connectivity index (χ0v) is 17.1. The van der Waals surface area contributed by atoms with Gasteiger partial charge in [0.25, 0.3) is 0 Å². The molecule has 3 rings (SSSR count). The lowest BCUT2D eigenvalue weighted by molar-refractivity contribution is 0.0645. The molecule has 0 saturated carbocycles. The quantitative estimate of drug-likeness (QED) is 0.722. The minimum atomic E-state index is -0.181. The number of rotatable bonds is 4. The number of likely N-dealkylation sites (tertiary alicyclic amines) is 1. The third-order valence-corrected chi connectivity index (χ3v) is 6.71. The summed E-state index contributed by atoms with van der Waals surface area (Å²) in [5.41, 5.74) is 1.29. The molecular formula is C19H27N3O2S2. The van der Waals surface area contributed by atoms with E-state index in [1.165, 1.54) is 5.56 Å². The van der Waals surface area contributed by atoms with Crippen molar-refractivity contribution >= 4 is 34.4 Å². The van der Waals surface area contributed by atoms with Crippen LogP contribution in [-0.2, 0) is 4.74 Å². The van der Waals surface area contributed by atoms with Crippen molar-refractivity contribution in [2.24, 2.45) is 0 Å². The van der Waals surface area contributed by atoms with Gasteiger partial charge in [-0.25, -0.2) is 4.79 Å². The van der Waals surface area contributed by atoms with E-state index in [1.807, 2.05) is 17.9 Å². The molecule has 0 radical (unpaired) electrons. The average molecular weight is 394 g/mol. The van der Waals surface area contributed by atoms with Gasteiger partial charge in [0.05, 0.1) is 25.2 Å². The summed E-state index contributed by atoms with van der Waals surface area (Å²) in [7, 11) is 0. The first kappa shape index (κ1) is 19.5. The van der Waals surface area contributed by atoms with E-state index in [0.717, 1.165) is 42.8 Å². The van der Waals surface area contributed by atoms with Crippen molar-refractivity contribution in [3.63, 3.8) is 0 Å². The largest absolute Gasteiger partial charge is 0.450 e. The van der Waals surface area contributed by atoms with Gasteiger partial charge in [0.15, 0.2) is 0 Å². The van der Waals surface area contributed by atoms with Crippen LogP contribution in [0.1, 0.15) is 38.3 Å². The highest BCUT2D eigenvalue weighted by molar-refractivity contribution is 8.22. The number of thioether (sulfide) groups is 1. The number of hydrogen-bond acceptors (Lipinski definition) is 5. The summed E-state index contributed by atoms with van der Waals surface area (Å²) in [4.78, 5) is 18.5. The highest BCUT2D eigenvalue weighted by atomic mass is 32.2. The summed E-state index contributed by atoms with van der Waals surface area (Å²) in [6, 6.07) is 11.3. The van der Waals surface area contributed by atoms with Crippen LogP contribution in [0.4, 0.5) is 4.79 Å². The zero-order chi connectivity index (χ0) is 18.5. The molecule has 0 bridgehead atoms. The molecule has 26 heavy (non-hydrogen) atoms. The van der Waals surface area contributed by atoms with E-state index in [1.54, 1.807) is 11.8 Å². The fourth-order valence-electron chi connectivity index (χ4n) is 3.56. The van der Waals surface area contributed by atoms with Crippen LogP contribution in [-0.4, -0.2) is 63.4 Å². The standard InChI is InChI=1S/C19H27N3O2S2/c1-3-24-18(23)20-11-9-17(10-12-20)21-13-22(19(25)26-14-21)15(2)16-7-5-4-6-8-16/h4-8,15,17H,3,9-14H2,1-2H3. The molecule has 2 fully saturated rings. The molecular weight excluding hydrogens is 366 g/mol. The first-order chi connectivity index (χ1) is 12.6. The molecule has 1 atom stereocenters. The first-order valence-electron chi connectivity index (χ1n) is 9.24. The van der Waals surface area contributed by atoms with Gasteiger partial charge < -0.3 is 14.5 Å². The highest BCUT2D eigenvalue weighted by Crippen LogP contribution is 2.31. The van der Waals surface area contributed by atoms with E-state index in [2.05, 4.69) is 41.0 Å². The van der Waals surface area contributed by atoms with E-state index in [4.69, 9.17) is 17.0 Å². The monoisotopic (exact) mass is 393 g/mol. The van der Waals surface area contributed by atoms with E-state index >= 15 is 0 Å². The molecule has 0 N–H and O–H groups in total. The van der Waals surface area contributed by atoms with Gasteiger partial charge in [-0.05, 0) is 32.3 Å². The number of benzene rings is 1. The van der Waals surface area contributed by atoms with Crippen molar-refractivity contribution < 1.29 is 9.53 Å². The number of carbonyl (C=O) groups is 1. The molecule has 0 spiro atoms. The maximum absolute atomic E-state index is 11.9. The molecule has 2 heterocycles. The number of hydrogen-bond donors (Lipinski definition) is 0. The number of ether oxygens (including phenoxy) is 1. The number of thiocarbonyl (C=S) groups is 1. The molecule has 2 aliphatic heterocycles. The molecule has 0 aromatic heterocycles. The van der Waals surface area contributed by atoms with E-state index in [-0.39, 0.29) is 12.1 Å². The predicted octanol–water partition coefficient (Wildman–Crippen LogP) is 3.92. The van der Waals surface area contributed by atoms with Crippen LogP contribution in [0.15, 0.2) is 30.3 Å². The molecule has 2 aliphatic rings. The van der Waals surface area contributed by atoms with Crippen LogP contribution >= 0.6 is 24.0 Å². The van der Waals surface area contributed by atoms with Gasteiger partial charge >= 0.3 is 6.09 Å². The van der Waals surface area contributed by atoms with Gasteiger partial charge in [-0.3, -0.25) is 4.90 Å². The van der Waals surface area contributed by atoms with Gasteiger partial charge in [0, 0.05) is 19.1 Å². The summed E-state index contributed by atoms with van der Waals surface area (Å²) in [5.74, 6) is 0.931. The topological polar surface area (TPSA) is 36.0 Å². The summed E-state index contributed by atoms with van der Waals surface area (Å²) in [6.07, 6.45) is 1.79. The Morgan fingerprint density at radius 3 is 2.65 bits per heavy atom. The second kappa shape index (κ2) is 9.06. The van der Waals surface area contributed by atoms with Crippen molar-refractivity contribution in [3.8, 4) is 0 Å². The number of nitrogens with zero attached hydrogens (tertiary/aromatic N) is 3. The Balaban J connectivity index is 1.58. The molecule has 1 aromatic rings. The Labute approximate surface area is 165 Å². The average Bonchev–Trinajstić information content (AvgIpc) is 2.69. The van der Waals surface area contributed by atoms with Gasteiger partial charge in [0.2, 0.25) is 0 Å². The van der Waals surface area contributed by atoms with Gasteiger partial charge in [-0.15, -0.1) is 0 Å². The van der Waals surface area contributed by atoms with Crippen LogP contribution in [0.5, 0.6) is 0 Å². The van der Waals surface area contributed by atoms with E-state index in [0.29, 0.717) is 12.6 Å². The van der Waals surface area contributed by atoms with Crippen LogP contribution in [0.3, 0.4) is 0 Å². The Morgan fingerprint density at radius 2 is 2.00 bits per heavy atom. The van der Waals surface area contributed by atoms with Crippen LogP contribution in [0.25, 0.3) is 0 Å². The van der Waals surface area contributed by atoms with Crippen molar-refractivity contribution in [1.82, 2.24) is 14.7 Å². The lowest BCUT2D eigenvalue weighted by Crippen LogP contribution is -2.53. The van der Waals surface area contributed by atoms with Crippen LogP contribution in [0, 0.1) is 0 Å². The number of piperidine rings is 1. The third kappa shape index (κ3) is 4.50. The van der Waals surface area contributed by atoms with E-state index in [9.17, 15) is 4.79 Å². The maximum Gasteiger partial charge on any atom is 0.409 e. The Kier molecular flexibility index (Phi) is 6.78. The van der Waals surface area contributed by atoms with Crippen LogP contribution in [0.2, 0.25) is 0 Å². The second-order valence-corrected chi connectivity index (χ2v) is 8.32. The fourth-order valence-corrected chi connectivity index (χ4v) is 4.88. The fraction of sp³-hybridized carbons (Fsp3) is 0.579. The minimum absolute atomic E-state index is 0.181. The molecule has 1 aromatic carbocycles. The van der Waals surface area contributed by atoms with Crippen molar-refractivity contribution in [2.75, 3.05) is 32.2 Å². The molecule has 1 amide bonds. The Morgan fingerprint density at radius 1 is 1.31 bits per heavy atom. The molecule has 5 nitrogen and oxygen atoms in total. The van der Waals surface area contributed by atoms with Crippen molar-refractivity contribution in [3.05, 3.63) is 35.9 Å². The smallest absolute Gasteiger partial charge is 0.409 e. The van der Waals surface area contributed by atoms with Gasteiger partial charge in [0.1, 0.15) is 4.32 Å². The molecule has 142 valence electrons. The lowest BCUT2D eigenvalue weighted by atomic mass is 10.0.